The molecule has 3 heterocycles. The van der Waals surface area contributed by atoms with Crippen molar-refractivity contribution < 1.29 is 31.9 Å². The van der Waals surface area contributed by atoms with Crippen molar-refractivity contribution in [2.75, 3.05) is 11.9 Å². The van der Waals surface area contributed by atoms with Crippen molar-refractivity contribution in [2.24, 2.45) is 11.8 Å². The van der Waals surface area contributed by atoms with Gasteiger partial charge in [-0.25, -0.2) is 17.6 Å². The van der Waals surface area contributed by atoms with Gasteiger partial charge in [-0.2, -0.15) is 5.26 Å². The fraction of sp³-hybridized carbons (Fsp3) is 0.600. The minimum atomic E-state index is -3.20. The first-order valence-electron chi connectivity index (χ1n) is 12.4. The zero-order chi connectivity index (χ0) is 26.9. The lowest BCUT2D eigenvalue weighted by atomic mass is 9.71. The minimum absolute atomic E-state index is 0.0160. The zero-order valence-corrected chi connectivity index (χ0v) is 20.3. The van der Waals surface area contributed by atoms with Gasteiger partial charge in [-0.3, -0.25) is 14.4 Å². The molecular weight excluding hydrogens is 494 g/mol. The van der Waals surface area contributed by atoms with Gasteiger partial charge in [0.25, 0.3) is 5.92 Å². The van der Waals surface area contributed by atoms with E-state index in [0.717, 1.165) is 29.5 Å². The quantitative estimate of drug-likeness (QED) is 0.476. The van der Waals surface area contributed by atoms with Crippen LogP contribution < -0.4 is 16.0 Å². The summed E-state index contributed by atoms with van der Waals surface area (Å²) in [7, 11) is 0. The zero-order valence-electron chi connectivity index (χ0n) is 20.3. The molecule has 0 radical (unpaired) electrons. The SMILES string of the molecule is C[C@H](Nc1cc(F)ccc1F)C(=O)N1[C@@H]2CC[C@H]([C@H]1C(=O)N[C@@H](C#N)C[C@H]1CCCNC1=O)C(F)(F)C2. The van der Waals surface area contributed by atoms with Crippen LogP contribution in [-0.2, 0) is 14.4 Å². The van der Waals surface area contributed by atoms with Crippen LogP contribution in [0.3, 0.4) is 0 Å². The number of hydrogen-bond acceptors (Lipinski definition) is 5. The topological polar surface area (TPSA) is 114 Å². The number of alkyl halides is 2. The first kappa shape index (κ1) is 26.7. The lowest BCUT2D eigenvalue weighted by molar-refractivity contribution is -0.194. The molecule has 5 rings (SSSR count). The van der Waals surface area contributed by atoms with E-state index in [4.69, 9.17) is 0 Å². The van der Waals surface area contributed by atoms with Gasteiger partial charge in [0.1, 0.15) is 29.8 Å². The van der Waals surface area contributed by atoms with Crippen molar-refractivity contribution in [2.45, 2.75) is 75.5 Å². The maximum Gasteiger partial charge on any atom is 0.255 e. The summed E-state index contributed by atoms with van der Waals surface area (Å²) in [6, 6.07) is -0.139. The Hall–Kier alpha value is -3.36. The van der Waals surface area contributed by atoms with Gasteiger partial charge in [0, 0.05) is 24.9 Å². The van der Waals surface area contributed by atoms with Crippen LogP contribution in [-0.4, -0.2) is 59.3 Å². The van der Waals surface area contributed by atoms with E-state index < -0.39 is 71.8 Å². The number of piperidine rings is 3. The summed E-state index contributed by atoms with van der Waals surface area (Å²) >= 11 is 0. The molecule has 1 saturated carbocycles. The molecule has 0 aromatic heterocycles. The van der Waals surface area contributed by atoms with Gasteiger partial charge in [-0.05, 0) is 57.2 Å². The highest BCUT2D eigenvalue weighted by Gasteiger charge is 2.60. The average molecular weight is 524 g/mol. The molecule has 37 heavy (non-hydrogen) atoms. The number of halogens is 4. The number of nitrogens with zero attached hydrogens (tertiary/aromatic N) is 2. The van der Waals surface area contributed by atoms with Crippen LogP contribution in [0.4, 0.5) is 23.2 Å². The molecule has 0 unspecified atom stereocenters. The van der Waals surface area contributed by atoms with Gasteiger partial charge in [-0.1, -0.05) is 0 Å². The Morgan fingerprint density at radius 2 is 2.03 bits per heavy atom. The smallest absolute Gasteiger partial charge is 0.255 e. The Bertz CT molecular complexity index is 1110. The summed E-state index contributed by atoms with van der Waals surface area (Å²) in [5.74, 6) is -8.52. The van der Waals surface area contributed by atoms with E-state index in [2.05, 4.69) is 16.0 Å². The number of carbonyl (C=O) groups is 3. The Kier molecular flexibility index (Phi) is 7.62. The summed E-state index contributed by atoms with van der Waals surface area (Å²) in [5, 5.41) is 17.4. The van der Waals surface area contributed by atoms with Crippen LogP contribution in [0.5, 0.6) is 0 Å². The van der Waals surface area contributed by atoms with Crippen molar-refractivity contribution in [3.63, 3.8) is 0 Å². The molecule has 4 fully saturated rings. The fourth-order valence-corrected chi connectivity index (χ4v) is 5.70. The third-order valence-corrected chi connectivity index (χ3v) is 7.52. The Morgan fingerprint density at radius 1 is 1.27 bits per heavy atom. The van der Waals surface area contributed by atoms with Crippen LogP contribution in [0, 0.1) is 34.8 Å². The third-order valence-electron chi connectivity index (χ3n) is 7.52. The van der Waals surface area contributed by atoms with Gasteiger partial charge in [0.05, 0.1) is 17.7 Å². The van der Waals surface area contributed by atoms with Gasteiger partial charge in [-0.15, -0.1) is 0 Å². The third kappa shape index (κ3) is 5.50. The second kappa shape index (κ2) is 10.6. The van der Waals surface area contributed by atoms with Crippen molar-refractivity contribution in [1.82, 2.24) is 15.5 Å². The van der Waals surface area contributed by atoms with E-state index in [-0.39, 0.29) is 30.9 Å². The predicted molar refractivity (Wildman–Crippen MR) is 124 cm³/mol. The second-order valence-corrected chi connectivity index (χ2v) is 10.0. The van der Waals surface area contributed by atoms with Gasteiger partial charge in [0.2, 0.25) is 17.7 Å². The molecule has 1 aromatic carbocycles. The predicted octanol–water partition coefficient (Wildman–Crippen LogP) is 2.70. The molecule has 8 nitrogen and oxygen atoms in total. The van der Waals surface area contributed by atoms with E-state index in [1.165, 1.54) is 6.92 Å². The van der Waals surface area contributed by atoms with Crippen LogP contribution in [0.2, 0.25) is 0 Å². The number of hydrogen-bond donors (Lipinski definition) is 3. The van der Waals surface area contributed by atoms with Crippen LogP contribution >= 0.6 is 0 Å². The fourth-order valence-electron chi connectivity index (χ4n) is 5.70. The molecule has 12 heteroatoms. The van der Waals surface area contributed by atoms with Gasteiger partial charge >= 0.3 is 0 Å². The van der Waals surface area contributed by atoms with E-state index in [1.807, 2.05) is 6.07 Å². The molecule has 4 aliphatic rings. The standard InChI is InChI=1S/C25H29F4N5O3/c1-13(32-20-10-15(26)4-7-19(20)27)24(37)34-17-5-6-18(25(28,29)11-17)21(34)23(36)33-16(12-30)9-14-3-2-8-31-22(14)35/h4,7,10,13-14,16-18,21,32H,2-3,5-6,8-9,11H2,1H3,(H,31,35)(H,33,36)/t13-,14+,16+,17+,18+,21-/m0/s1. The summed E-state index contributed by atoms with van der Waals surface area (Å²) in [4.78, 5) is 40.0. The first-order chi connectivity index (χ1) is 17.5. The lowest BCUT2D eigenvalue weighted by Crippen LogP contribution is -2.70. The summed E-state index contributed by atoms with van der Waals surface area (Å²) in [6.07, 6.45) is 0.952. The molecule has 6 atom stereocenters. The molecule has 3 saturated heterocycles. The number of rotatable bonds is 7. The number of carbonyl (C=O) groups excluding carboxylic acids is 3. The molecule has 200 valence electrons. The van der Waals surface area contributed by atoms with Crippen LogP contribution in [0.25, 0.3) is 0 Å². The normalized spacial score (nSPS) is 28.0. The maximum atomic E-state index is 14.9. The van der Waals surface area contributed by atoms with Crippen molar-refractivity contribution in [3.8, 4) is 6.07 Å². The Morgan fingerprint density at radius 3 is 2.70 bits per heavy atom. The molecule has 3 aliphatic heterocycles. The van der Waals surface area contributed by atoms with Gasteiger partial charge < -0.3 is 20.9 Å². The summed E-state index contributed by atoms with van der Waals surface area (Å²) < 4.78 is 57.5. The van der Waals surface area contributed by atoms with Gasteiger partial charge in [0.15, 0.2) is 0 Å². The second-order valence-electron chi connectivity index (χ2n) is 10.0. The molecule has 3 amide bonds. The van der Waals surface area contributed by atoms with Crippen molar-refractivity contribution in [3.05, 3.63) is 29.8 Å². The first-order valence-corrected chi connectivity index (χ1v) is 12.4. The number of benzene rings is 1. The largest absolute Gasteiger partial charge is 0.371 e. The highest BCUT2D eigenvalue weighted by molar-refractivity contribution is 5.92. The van der Waals surface area contributed by atoms with E-state index in [9.17, 15) is 37.2 Å². The monoisotopic (exact) mass is 523 g/mol. The minimum Gasteiger partial charge on any atom is -0.371 e. The maximum absolute atomic E-state index is 14.9. The van der Waals surface area contributed by atoms with E-state index in [1.54, 1.807) is 0 Å². The van der Waals surface area contributed by atoms with Crippen molar-refractivity contribution in [1.29, 1.82) is 5.26 Å². The molecule has 2 bridgehead atoms. The molecule has 3 N–H and O–H groups in total. The van der Waals surface area contributed by atoms with Crippen molar-refractivity contribution >= 4 is 23.4 Å². The number of nitrogens with one attached hydrogen (secondary N) is 3. The van der Waals surface area contributed by atoms with E-state index in [0.29, 0.717) is 13.0 Å². The van der Waals surface area contributed by atoms with Crippen LogP contribution in [0.15, 0.2) is 18.2 Å². The molecule has 1 aliphatic carbocycles. The number of nitriles is 1. The Labute approximate surface area is 211 Å². The van der Waals surface area contributed by atoms with E-state index >= 15 is 0 Å². The Balaban J connectivity index is 1.54. The molecular formula is C25H29F4N5O3. The molecule has 1 aromatic rings. The average Bonchev–Trinajstić information content (AvgIpc) is 2.85. The number of fused-ring (bicyclic) bond motifs is 3. The lowest BCUT2D eigenvalue weighted by Gasteiger charge is -2.54. The summed E-state index contributed by atoms with van der Waals surface area (Å²) in [5.41, 5.74) is -0.273. The summed E-state index contributed by atoms with van der Waals surface area (Å²) in [6.45, 7) is 1.91. The number of anilines is 1. The number of amides is 3. The van der Waals surface area contributed by atoms with Crippen LogP contribution in [0.1, 0.15) is 45.4 Å². The highest BCUT2D eigenvalue weighted by Crippen LogP contribution is 2.49. The molecule has 0 spiro atoms. The highest BCUT2D eigenvalue weighted by atomic mass is 19.3.